The summed E-state index contributed by atoms with van der Waals surface area (Å²) in [6, 6.07) is 4.13. The van der Waals surface area contributed by atoms with E-state index < -0.39 is 36.2 Å². The third-order valence-electron chi connectivity index (χ3n) is 3.44. The summed E-state index contributed by atoms with van der Waals surface area (Å²) in [4.78, 5) is 24.5. The van der Waals surface area contributed by atoms with E-state index in [9.17, 15) is 14.7 Å². The van der Waals surface area contributed by atoms with Gasteiger partial charge in [0.05, 0.1) is 28.6 Å². The molecule has 0 heterocycles. The second kappa shape index (κ2) is 8.74. The van der Waals surface area contributed by atoms with Crippen molar-refractivity contribution in [2.24, 2.45) is 0 Å². The van der Waals surface area contributed by atoms with Gasteiger partial charge in [-0.15, -0.1) is 0 Å². The zero-order chi connectivity index (χ0) is 19.4. The molecule has 0 bridgehead atoms. The number of amides is 1. The molecule has 140 valence electrons. The van der Waals surface area contributed by atoms with Crippen LogP contribution in [0.2, 0.25) is 10.0 Å². The molecule has 25 heavy (non-hydrogen) atoms. The number of halogens is 2. The van der Waals surface area contributed by atoms with E-state index >= 15 is 0 Å². The minimum absolute atomic E-state index is 0.196. The number of carboxylic acids is 1. The van der Waals surface area contributed by atoms with E-state index in [0.717, 1.165) is 0 Å². The van der Waals surface area contributed by atoms with Crippen molar-refractivity contribution in [3.63, 3.8) is 0 Å². The molecule has 0 aliphatic carbocycles. The first-order valence-corrected chi connectivity index (χ1v) is 8.46. The van der Waals surface area contributed by atoms with Crippen LogP contribution in [0.1, 0.15) is 32.8 Å². The topological polar surface area (TPSA) is 87.1 Å². The van der Waals surface area contributed by atoms with Crippen LogP contribution in [0.3, 0.4) is 0 Å². The van der Waals surface area contributed by atoms with Crippen LogP contribution in [0, 0.1) is 0 Å². The Hall–Kier alpha value is -1.50. The van der Waals surface area contributed by atoms with Gasteiger partial charge in [-0.3, -0.25) is 4.79 Å². The number of rotatable bonds is 6. The third-order valence-corrected chi connectivity index (χ3v) is 4.17. The Morgan fingerprint density at radius 3 is 2.32 bits per heavy atom. The third kappa shape index (κ3) is 7.10. The van der Waals surface area contributed by atoms with E-state index in [4.69, 9.17) is 33.0 Å². The molecule has 0 aliphatic heterocycles. The number of hydrogen-bond donors (Lipinski definition) is 2. The van der Waals surface area contributed by atoms with E-state index in [1.54, 1.807) is 39.0 Å². The lowest BCUT2D eigenvalue weighted by Crippen LogP contribution is -2.48. The Labute approximate surface area is 157 Å². The van der Waals surface area contributed by atoms with Crippen molar-refractivity contribution in [1.29, 1.82) is 0 Å². The van der Waals surface area contributed by atoms with Gasteiger partial charge in [-0.25, -0.2) is 4.79 Å². The maximum Gasteiger partial charge on any atom is 0.410 e. The minimum atomic E-state index is -1.27. The molecule has 8 heteroatoms. The minimum Gasteiger partial charge on any atom is -0.481 e. The SMILES string of the molecule is CN(C(=O)OC(C)(C)C)C(Cc1ccc(Cl)c(Cl)c1)C(O)CC(=O)O. The van der Waals surface area contributed by atoms with Crippen molar-refractivity contribution >= 4 is 35.3 Å². The fraction of sp³-hybridized carbons (Fsp3) is 0.529. The summed E-state index contributed by atoms with van der Waals surface area (Å²) in [6.45, 7) is 5.17. The van der Waals surface area contributed by atoms with E-state index in [0.29, 0.717) is 15.6 Å². The largest absolute Gasteiger partial charge is 0.481 e. The maximum atomic E-state index is 12.3. The molecule has 2 unspecified atom stereocenters. The number of hydrogen-bond acceptors (Lipinski definition) is 4. The van der Waals surface area contributed by atoms with Gasteiger partial charge in [-0.05, 0) is 44.9 Å². The molecule has 1 amide bonds. The number of aliphatic hydroxyl groups excluding tert-OH is 1. The number of carbonyl (C=O) groups is 2. The average Bonchev–Trinajstić information content (AvgIpc) is 2.45. The van der Waals surface area contributed by atoms with Crippen LogP contribution in [-0.2, 0) is 16.0 Å². The summed E-state index contributed by atoms with van der Waals surface area (Å²) in [5, 5.41) is 20.0. The first kappa shape index (κ1) is 21.5. The predicted molar refractivity (Wildman–Crippen MR) is 96.2 cm³/mol. The Morgan fingerprint density at radius 2 is 1.84 bits per heavy atom. The normalized spacial score (nSPS) is 13.9. The van der Waals surface area contributed by atoms with Gasteiger partial charge in [0.1, 0.15) is 5.60 Å². The summed E-state index contributed by atoms with van der Waals surface area (Å²) in [5.41, 5.74) is -0.00345. The fourth-order valence-electron chi connectivity index (χ4n) is 2.22. The number of benzene rings is 1. The van der Waals surface area contributed by atoms with E-state index in [1.165, 1.54) is 11.9 Å². The van der Waals surface area contributed by atoms with E-state index in [-0.39, 0.29) is 6.42 Å². The van der Waals surface area contributed by atoms with Crippen molar-refractivity contribution < 1.29 is 24.5 Å². The highest BCUT2D eigenvalue weighted by Crippen LogP contribution is 2.25. The Kier molecular flexibility index (Phi) is 7.53. The van der Waals surface area contributed by atoms with E-state index in [1.807, 2.05) is 0 Å². The van der Waals surface area contributed by atoms with Crippen molar-refractivity contribution in [2.45, 2.75) is 51.4 Å². The first-order chi connectivity index (χ1) is 11.4. The second-order valence-electron chi connectivity index (χ2n) is 6.78. The molecule has 2 atom stereocenters. The van der Waals surface area contributed by atoms with Crippen LogP contribution < -0.4 is 0 Å². The number of likely N-dealkylation sites (N-methyl/N-ethyl adjacent to an activating group) is 1. The summed E-state index contributed by atoms with van der Waals surface area (Å²) < 4.78 is 5.30. The Bertz CT molecular complexity index is 630. The second-order valence-corrected chi connectivity index (χ2v) is 7.59. The van der Waals surface area contributed by atoms with E-state index in [2.05, 4.69) is 0 Å². The zero-order valence-corrected chi connectivity index (χ0v) is 16.1. The molecule has 2 N–H and O–H groups in total. The molecule has 1 aromatic rings. The molecule has 6 nitrogen and oxygen atoms in total. The first-order valence-electron chi connectivity index (χ1n) is 7.70. The lowest BCUT2D eigenvalue weighted by molar-refractivity contribution is -0.140. The van der Waals surface area contributed by atoms with Crippen LogP contribution >= 0.6 is 23.2 Å². The highest BCUT2D eigenvalue weighted by atomic mass is 35.5. The summed E-state index contributed by atoms with van der Waals surface area (Å²) in [5.74, 6) is -1.16. The van der Waals surface area contributed by atoms with Gasteiger partial charge in [-0.2, -0.15) is 0 Å². The van der Waals surface area contributed by atoms with Gasteiger partial charge in [-0.1, -0.05) is 29.3 Å². The molecule has 0 saturated heterocycles. The summed E-state index contributed by atoms with van der Waals surface area (Å²) in [7, 11) is 1.46. The lowest BCUT2D eigenvalue weighted by Gasteiger charge is -2.33. The van der Waals surface area contributed by atoms with Crippen LogP contribution in [-0.4, -0.2) is 52.0 Å². The molecule has 0 spiro atoms. The lowest BCUT2D eigenvalue weighted by atomic mass is 9.98. The van der Waals surface area contributed by atoms with Crippen molar-refractivity contribution in [3.8, 4) is 0 Å². The maximum absolute atomic E-state index is 12.3. The number of aliphatic hydroxyl groups is 1. The zero-order valence-electron chi connectivity index (χ0n) is 14.6. The van der Waals surface area contributed by atoms with Crippen LogP contribution in [0.15, 0.2) is 18.2 Å². The highest BCUT2D eigenvalue weighted by molar-refractivity contribution is 6.42. The predicted octanol–water partition coefficient (Wildman–Crippen LogP) is 3.61. The molecule has 1 rings (SSSR count). The molecular weight excluding hydrogens is 369 g/mol. The number of nitrogens with zero attached hydrogens (tertiary/aromatic N) is 1. The quantitative estimate of drug-likeness (QED) is 0.773. The van der Waals surface area contributed by atoms with Gasteiger partial charge in [0.25, 0.3) is 0 Å². The van der Waals surface area contributed by atoms with Crippen molar-refractivity contribution in [2.75, 3.05) is 7.05 Å². The van der Waals surface area contributed by atoms with Gasteiger partial charge < -0.3 is 19.8 Å². The Morgan fingerprint density at radius 1 is 1.24 bits per heavy atom. The fourth-order valence-corrected chi connectivity index (χ4v) is 2.54. The van der Waals surface area contributed by atoms with Gasteiger partial charge in [0.15, 0.2) is 0 Å². The van der Waals surface area contributed by atoms with Gasteiger partial charge in [0, 0.05) is 7.05 Å². The molecular formula is C17H23Cl2NO5. The molecule has 0 aromatic heterocycles. The molecule has 0 radical (unpaired) electrons. The molecule has 0 aliphatic rings. The van der Waals surface area contributed by atoms with Gasteiger partial charge >= 0.3 is 12.1 Å². The average molecular weight is 392 g/mol. The molecule has 0 saturated carbocycles. The number of carbonyl (C=O) groups excluding carboxylic acids is 1. The number of ether oxygens (including phenoxy) is 1. The number of aliphatic carboxylic acids is 1. The smallest absolute Gasteiger partial charge is 0.410 e. The highest BCUT2D eigenvalue weighted by Gasteiger charge is 2.31. The summed E-state index contributed by atoms with van der Waals surface area (Å²) >= 11 is 11.9. The monoisotopic (exact) mass is 391 g/mol. The van der Waals surface area contributed by atoms with Crippen LogP contribution in [0.5, 0.6) is 0 Å². The van der Waals surface area contributed by atoms with Crippen LogP contribution in [0.25, 0.3) is 0 Å². The Balaban J connectivity index is 3.04. The summed E-state index contributed by atoms with van der Waals surface area (Å²) in [6.07, 6.45) is -2.23. The van der Waals surface area contributed by atoms with Crippen LogP contribution in [0.4, 0.5) is 4.79 Å². The van der Waals surface area contributed by atoms with Gasteiger partial charge in [0.2, 0.25) is 0 Å². The molecule has 1 aromatic carbocycles. The van der Waals surface area contributed by atoms with Crippen molar-refractivity contribution in [1.82, 2.24) is 4.90 Å². The standard InChI is InChI=1S/C17H23Cl2NO5/c1-17(2,3)25-16(24)20(4)13(14(21)9-15(22)23)8-10-5-6-11(18)12(19)7-10/h5-7,13-14,21H,8-9H2,1-4H3,(H,22,23). The van der Waals surface area contributed by atoms with Crippen molar-refractivity contribution in [3.05, 3.63) is 33.8 Å². The molecule has 0 fully saturated rings. The number of carboxylic acid groups (broad SMARTS) is 1.